The predicted octanol–water partition coefficient (Wildman–Crippen LogP) is -1.79. The van der Waals surface area contributed by atoms with Gasteiger partial charge in [-0.25, -0.2) is 6.07 Å². The fourth-order valence-electron chi connectivity index (χ4n) is 2.10. The molecule has 2 rings (SSSR count). The Balaban J connectivity index is 0. The molecule has 0 bridgehead atoms. The van der Waals surface area contributed by atoms with E-state index >= 15 is 0 Å². The summed E-state index contributed by atoms with van der Waals surface area (Å²) in [4.78, 5) is 0. The molecule has 96 valence electrons. The minimum Gasteiger partial charge on any atom is -1.00 e. The standard InChI is InChI=1S/C11H15.C3H6.2ClH.Zr/c1-2-6-10(7-3-1)11-8-4-5-9-11;1-3-2;;;/h4-5,8-10H,1-3,6-7H2;1-2H3;2*1H;/q-1;;;;+2/p-2. The maximum absolute atomic E-state index is 2.27. The summed E-state index contributed by atoms with van der Waals surface area (Å²) in [5.41, 5.74) is 1.57. The van der Waals surface area contributed by atoms with E-state index in [0.717, 1.165) is 5.92 Å². The van der Waals surface area contributed by atoms with Crippen molar-refractivity contribution in [1.82, 2.24) is 0 Å². The first kappa shape index (κ1) is 20.0. The Hall–Kier alpha value is 0.683. The van der Waals surface area contributed by atoms with E-state index < -0.39 is 0 Å². The predicted molar refractivity (Wildman–Crippen MR) is 64.2 cm³/mol. The summed E-state index contributed by atoms with van der Waals surface area (Å²) < 4.78 is 1.51. The van der Waals surface area contributed by atoms with E-state index in [0.29, 0.717) is 0 Å². The Morgan fingerprint density at radius 2 is 1.71 bits per heavy atom. The molecule has 0 atom stereocenters. The van der Waals surface area contributed by atoms with Crippen molar-refractivity contribution in [3.63, 3.8) is 0 Å². The topological polar surface area (TPSA) is 0 Å². The maximum Gasteiger partial charge on any atom is -0.0533 e. The number of hydrogen-bond acceptors (Lipinski definition) is 0. The van der Waals surface area contributed by atoms with Gasteiger partial charge in [0.2, 0.25) is 0 Å². The molecule has 1 aliphatic carbocycles. The van der Waals surface area contributed by atoms with E-state index in [2.05, 4.69) is 38.1 Å². The molecule has 3 heteroatoms. The van der Waals surface area contributed by atoms with Gasteiger partial charge in [-0.1, -0.05) is 38.0 Å². The molecule has 1 aromatic carbocycles. The van der Waals surface area contributed by atoms with Crippen molar-refractivity contribution in [2.24, 2.45) is 0 Å². The van der Waals surface area contributed by atoms with Gasteiger partial charge in [0.15, 0.2) is 0 Å². The molecule has 1 aromatic rings. The summed E-state index contributed by atoms with van der Waals surface area (Å²) in [5, 5.41) is 0. The van der Waals surface area contributed by atoms with Crippen LogP contribution in [0.3, 0.4) is 0 Å². The van der Waals surface area contributed by atoms with Gasteiger partial charge in [-0.15, -0.1) is 0 Å². The van der Waals surface area contributed by atoms with Crippen molar-refractivity contribution < 1.29 is 49.0 Å². The third-order valence-corrected chi connectivity index (χ3v) is 2.77. The van der Waals surface area contributed by atoms with E-state index in [1.807, 2.05) is 0 Å². The van der Waals surface area contributed by atoms with Gasteiger partial charge < -0.3 is 24.8 Å². The van der Waals surface area contributed by atoms with Crippen LogP contribution in [-0.4, -0.2) is 3.21 Å². The van der Waals surface area contributed by atoms with E-state index in [-0.39, 0.29) is 24.8 Å². The van der Waals surface area contributed by atoms with E-state index in [1.165, 1.54) is 35.3 Å². The third kappa shape index (κ3) is 9.28. The minimum atomic E-state index is 0. The smallest absolute Gasteiger partial charge is 0.0533 e. The first-order valence-electron chi connectivity index (χ1n) is 5.93. The molecule has 0 aromatic heterocycles. The van der Waals surface area contributed by atoms with Crippen LogP contribution in [0.4, 0.5) is 0 Å². The molecule has 0 N–H and O–H groups in total. The van der Waals surface area contributed by atoms with Crippen LogP contribution in [0, 0.1) is 0 Å². The van der Waals surface area contributed by atoms with Crippen molar-refractivity contribution in [3.05, 3.63) is 29.8 Å². The van der Waals surface area contributed by atoms with Crippen LogP contribution in [0.25, 0.3) is 0 Å². The van der Waals surface area contributed by atoms with Crippen molar-refractivity contribution in [3.8, 4) is 0 Å². The average Bonchev–Trinajstić information content (AvgIpc) is 2.71. The largest absolute Gasteiger partial charge is 1.00 e. The minimum absolute atomic E-state index is 0. The Morgan fingerprint density at radius 1 is 1.18 bits per heavy atom. The summed E-state index contributed by atoms with van der Waals surface area (Å²) in [6.07, 6.45) is 7.18. The summed E-state index contributed by atoms with van der Waals surface area (Å²) in [6.45, 7) is 4.25. The molecule has 1 saturated carbocycles. The molecule has 0 heterocycles. The SMILES string of the molecule is C[C](C)=[Zr+2].[Cl-].[Cl-].c1cc(C2CCCCC2)c[cH-]1. The zero-order chi connectivity index (χ0) is 11.1. The summed E-state index contributed by atoms with van der Waals surface area (Å²) in [5.74, 6) is 0.888. The molecule has 0 aliphatic heterocycles. The van der Waals surface area contributed by atoms with Gasteiger partial charge in [0.25, 0.3) is 0 Å². The Labute approximate surface area is 133 Å². The van der Waals surface area contributed by atoms with Crippen LogP contribution in [0.2, 0.25) is 0 Å². The fraction of sp³-hybridized carbons (Fsp3) is 0.571. The van der Waals surface area contributed by atoms with Crippen LogP contribution in [-0.2, 0) is 24.2 Å². The van der Waals surface area contributed by atoms with Crippen LogP contribution in [0.1, 0.15) is 57.4 Å². The Bertz CT molecular complexity index is 270. The van der Waals surface area contributed by atoms with Gasteiger partial charge in [-0.3, -0.25) is 0 Å². The quantitative estimate of drug-likeness (QED) is 0.524. The van der Waals surface area contributed by atoms with Crippen molar-refractivity contribution >= 4 is 3.21 Å². The third-order valence-electron chi connectivity index (χ3n) is 2.77. The first-order valence-corrected chi connectivity index (χ1v) is 7.16. The van der Waals surface area contributed by atoms with E-state index in [1.54, 1.807) is 29.8 Å². The van der Waals surface area contributed by atoms with Crippen LogP contribution in [0.5, 0.6) is 0 Å². The molecule has 0 nitrogen and oxygen atoms in total. The average molecular weight is 351 g/mol. The maximum atomic E-state index is 2.27. The second-order valence-corrected chi connectivity index (χ2v) is 7.01. The molecule has 0 radical (unpaired) electrons. The molecule has 0 amide bonds. The number of halogens is 2. The molecule has 0 unspecified atom stereocenters. The van der Waals surface area contributed by atoms with Crippen molar-refractivity contribution in [1.29, 1.82) is 0 Å². The van der Waals surface area contributed by atoms with Crippen molar-refractivity contribution in [2.75, 3.05) is 0 Å². The normalized spacial score (nSPS) is 14.8. The molecular formula is C14H21Cl2Zr-. The van der Waals surface area contributed by atoms with Crippen molar-refractivity contribution in [2.45, 2.75) is 51.9 Å². The zero-order valence-electron chi connectivity index (χ0n) is 10.7. The molecule has 1 fully saturated rings. The van der Waals surface area contributed by atoms with E-state index in [9.17, 15) is 0 Å². The van der Waals surface area contributed by atoms with Crippen LogP contribution >= 0.6 is 0 Å². The summed E-state index contributed by atoms with van der Waals surface area (Å²) in [6, 6.07) is 8.86. The molecular weight excluding hydrogens is 330 g/mol. The van der Waals surface area contributed by atoms with Gasteiger partial charge in [0.05, 0.1) is 0 Å². The second kappa shape index (κ2) is 11.8. The number of hydrogen-bond donors (Lipinski definition) is 0. The van der Waals surface area contributed by atoms with Gasteiger partial charge in [0.1, 0.15) is 0 Å². The number of rotatable bonds is 1. The van der Waals surface area contributed by atoms with Gasteiger partial charge >= 0.3 is 41.3 Å². The molecule has 0 spiro atoms. The molecule has 0 saturated heterocycles. The second-order valence-electron chi connectivity index (χ2n) is 4.55. The summed E-state index contributed by atoms with van der Waals surface area (Å²) >= 11 is 1.55. The zero-order valence-corrected chi connectivity index (χ0v) is 14.6. The van der Waals surface area contributed by atoms with Crippen LogP contribution in [0.15, 0.2) is 24.3 Å². The first-order chi connectivity index (χ1) is 7.20. The fourth-order valence-corrected chi connectivity index (χ4v) is 2.10. The Morgan fingerprint density at radius 3 is 2.12 bits per heavy atom. The van der Waals surface area contributed by atoms with E-state index in [4.69, 9.17) is 0 Å². The van der Waals surface area contributed by atoms with Crippen LogP contribution < -0.4 is 24.8 Å². The van der Waals surface area contributed by atoms with Gasteiger partial charge in [-0.05, 0) is 0 Å². The summed E-state index contributed by atoms with van der Waals surface area (Å²) in [7, 11) is 0. The van der Waals surface area contributed by atoms with Gasteiger partial charge in [-0.2, -0.15) is 23.8 Å². The molecule has 17 heavy (non-hydrogen) atoms. The molecule has 1 aliphatic rings. The van der Waals surface area contributed by atoms with Gasteiger partial charge in [0, 0.05) is 0 Å². The monoisotopic (exact) mass is 349 g/mol. The Kier molecular flexibility index (Phi) is 13.8.